The number of esters is 1. The summed E-state index contributed by atoms with van der Waals surface area (Å²) in [5.74, 6) is -0.412. The highest BCUT2D eigenvalue weighted by atomic mass is 32.1. The van der Waals surface area contributed by atoms with Gasteiger partial charge in [0.2, 0.25) is 0 Å². The second-order valence-corrected chi connectivity index (χ2v) is 7.73. The molecule has 0 aliphatic carbocycles. The maximum Gasteiger partial charge on any atom is 0.339 e. The van der Waals surface area contributed by atoms with Gasteiger partial charge in [0, 0.05) is 22.5 Å². The molecular weight excluding hydrogens is 406 g/mol. The van der Waals surface area contributed by atoms with Gasteiger partial charge in [-0.2, -0.15) is 0 Å². The van der Waals surface area contributed by atoms with Crippen LogP contribution < -0.4 is 0 Å². The van der Waals surface area contributed by atoms with Crippen LogP contribution in [0.25, 0.3) is 32.9 Å². The molecule has 0 aliphatic heterocycles. The fraction of sp³-hybridized carbons (Fsp3) is 0.0400. The van der Waals surface area contributed by atoms with Crippen molar-refractivity contribution in [1.82, 2.24) is 15.0 Å². The largest absolute Gasteiger partial charge is 0.456 e. The maximum atomic E-state index is 13.0. The Morgan fingerprint density at radius 1 is 0.871 bits per heavy atom. The summed E-state index contributed by atoms with van der Waals surface area (Å²) in [7, 11) is 0. The van der Waals surface area contributed by atoms with Crippen LogP contribution in [0.5, 0.6) is 0 Å². The van der Waals surface area contributed by atoms with E-state index in [0.717, 1.165) is 27.2 Å². The summed E-state index contributed by atoms with van der Waals surface area (Å²) >= 11 is 1.53. The quantitative estimate of drug-likeness (QED) is 0.335. The average Bonchev–Trinajstić information content (AvgIpc) is 3.32. The highest BCUT2D eigenvalue weighted by Crippen LogP contribution is 2.26. The van der Waals surface area contributed by atoms with E-state index in [2.05, 4.69) is 15.0 Å². The Kier molecular flexibility index (Phi) is 5.21. The number of aromatic nitrogens is 3. The van der Waals surface area contributed by atoms with E-state index >= 15 is 0 Å². The average molecular weight is 423 g/mol. The number of fused-ring (bicyclic) bond motifs is 1. The molecule has 0 aliphatic rings. The first-order chi connectivity index (χ1) is 15.3. The fourth-order valence-corrected chi connectivity index (χ4v) is 4.10. The summed E-state index contributed by atoms with van der Waals surface area (Å²) in [5, 5.41) is 3.56. The Labute approximate surface area is 183 Å². The van der Waals surface area contributed by atoms with Gasteiger partial charge in [-0.05, 0) is 24.3 Å². The van der Waals surface area contributed by atoms with Crippen molar-refractivity contribution in [3.05, 3.63) is 102 Å². The molecule has 3 aromatic heterocycles. The summed E-state index contributed by atoms with van der Waals surface area (Å²) in [5.41, 5.74) is 4.29. The lowest BCUT2D eigenvalue weighted by atomic mass is 10.1. The molecule has 0 amide bonds. The highest BCUT2D eigenvalue weighted by molar-refractivity contribution is 7.13. The molecule has 0 atom stereocenters. The van der Waals surface area contributed by atoms with Gasteiger partial charge in [-0.1, -0.05) is 54.6 Å². The van der Waals surface area contributed by atoms with Gasteiger partial charge in [0.25, 0.3) is 0 Å². The summed E-state index contributed by atoms with van der Waals surface area (Å²) in [6.07, 6.45) is 1.71. The molecule has 31 heavy (non-hydrogen) atoms. The minimum absolute atomic E-state index is 0.109. The zero-order valence-corrected chi connectivity index (χ0v) is 17.3. The van der Waals surface area contributed by atoms with E-state index < -0.39 is 5.97 Å². The zero-order chi connectivity index (χ0) is 21.0. The van der Waals surface area contributed by atoms with Gasteiger partial charge in [0.05, 0.1) is 28.2 Å². The van der Waals surface area contributed by atoms with Crippen LogP contribution in [-0.4, -0.2) is 20.9 Å². The van der Waals surface area contributed by atoms with E-state index in [1.54, 1.807) is 12.3 Å². The Morgan fingerprint density at radius 3 is 2.52 bits per heavy atom. The van der Waals surface area contributed by atoms with Crippen molar-refractivity contribution in [1.29, 1.82) is 0 Å². The van der Waals surface area contributed by atoms with Crippen LogP contribution in [0.1, 0.15) is 16.1 Å². The van der Waals surface area contributed by atoms with Gasteiger partial charge in [-0.25, -0.2) is 14.8 Å². The molecule has 150 valence electrons. The Hall–Kier alpha value is -3.90. The van der Waals surface area contributed by atoms with Crippen molar-refractivity contribution in [2.24, 2.45) is 0 Å². The number of pyridine rings is 2. The fourth-order valence-electron chi connectivity index (χ4n) is 3.29. The third kappa shape index (κ3) is 4.06. The van der Waals surface area contributed by atoms with Crippen molar-refractivity contribution in [2.75, 3.05) is 0 Å². The van der Waals surface area contributed by atoms with Crippen LogP contribution in [0.15, 0.2) is 90.4 Å². The second-order valence-electron chi connectivity index (χ2n) is 6.87. The lowest BCUT2D eigenvalue weighted by molar-refractivity contribution is 0.0471. The Bertz CT molecular complexity index is 1350. The monoisotopic (exact) mass is 423 g/mol. The standard InChI is InChI=1S/C25H17N3O2S/c29-25(30-15-18-16-31-24(27-18)17-8-2-1-3-9-17)20-14-23(22-12-6-7-13-26-22)28-21-11-5-4-10-19(20)21/h1-14,16H,15H2. The van der Waals surface area contributed by atoms with E-state index in [-0.39, 0.29) is 6.61 Å². The van der Waals surface area contributed by atoms with Gasteiger partial charge >= 0.3 is 5.97 Å². The van der Waals surface area contributed by atoms with E-state index in [0.29, 0.717) is 17.0 Å². The number of hydrogen-bond acceptors (Lipinski definition) is 6. The number of carbonyl (C=O) groups excluding carboxylic acids is 1. The van der Waals surface area contributed by atoms with Crippen molar-refractivity contribution < 1.29 is 9.53 Å². The molecule has 0 N–H and O–H groups in total. The number of benzene rings is 2. The minimum Gasteiger partial charge on any atom is -0.456 e. The number of carbonyl (C=O) groups is 1. The maximum absolute atomic E-state index is 13.0. The topological polar surface area (TPSA) is 65.0 Å². The number of ether oxygens (including phenoxy) is 1. The molecule has 0 unspecified atom stereocenters. The van der Waals surface area contributed by atoms with Crippen molar-refractivity contribution >= 4 is 28.2 Å². The first-order valence-electron chi connectivity index (χ1n) is 9.76. The number of rotatable bonds is 5. The van der Waals surface area contributed by atoms with Crippen LogP contribution in [0, 0.1) is 0 Å². The molecule has 5 aromatic rings. The minimum atomic E-state index is -0.412. The number of thiazole rings is 1. The van der Waals surface area contributed by atoms with E-state index in [1.807, 2.05) is 78.2 Å². The predicted molar refractivity (Wildman–Crippen MR) is 122 cm³/mol. The number of hydrogen-bond donors (Lipinski definition) is 0. The Morgan fingerprint density at radius 2 is 1.68 bits per heavy atom. The smallest absolute Gasteiger partial charge is 0.339 e. The molecule has 0 spiro atoms. The first kappa shape index (κ1) is 19.1. The molecular formula is C25H17N3O2S. The predicted octanol–water partition coefficient (Wildman–Crippen LogP) is 5.78. The van der Waals surface area contributed by atoms with Crippen LogP contribution in [-0.2, 0) is 11.3 Å². The van der Waals surface area contributed by atoms with Crippen LogP contribution in [0.4, 0.5) is 0 Å². The summed E-state index contributed by atoms with van der Waals surface area (Å²) in [4.78, 5) is 26.6. The molecule has 3 heterocycles. The highest BCUT2D eigenvalue weighted by Gasteiger charge is 2.16. The molecule has 2 aromatic carbocycles. The van der Waals surface area contributed by atoms with E-state index in [9.17, 15) is 4.79 Å². The molecule has 0 fully saturated rings. The summed E-state index contributed by atoms with van der Waals surface area (Å²) < 4.78 is 5.62. The lowest BCUT2D eigenvalue weighted by Crippen LogP contribution is -2.07. The summed E-state index contributed by atoms with van der Waals surface area (Å²) in [6, 6.07) is 24.8. The van der Waals surface area contributed by atoms with Gasteiger partial charge in [-0.15, -0.1) is 11.3 Å². The first-order valence-corrected chi connectivity index (χ1v) is 10.6. The molecule has 6 heteroatoms. The second kappa shape index (κ2) is 8.45. The number of para-hydroxylation sites is 1. The van der Waals surface area contributed by atoms with Gasteiger partial charge < -0.3 is 4.74 Å². The molecule has 0 saturated heterocycles. The van der Waals surface area contributed by atoms with Crippen molar-refractivity contribution in [2.45, 2.75) is 6.61 Å². The molecule has 0 radical (unpaired) electrons. The SMILES string of the molecule is O=C(OCc1csc(-c2ccccc2)n1)c1cc(-c2ccccn2)nc2ccccc12. The van der Waals surface area contributed by atoms with Gasteiger partial charge in [0.1, 0.15) is 11.6 Å². The van der Waals surface area contributed by atoms with Crippen LogP contribution in [0.3, 0.4) is 0 Å². The van der Waals surface area contributed by atoms with Crippen molar-refractivity contribution in [3.8, 4) is 22.0 Å². The van der Waals surface area contributed by atoms with Crippen LogP contribution in [0.2, 0.25) is 0 Å². The third-order valence-corrected chi connectivity index (χ3v) is 5.73. The number of nitrogens with zero attached hydrogens (tertiary/aromatic N) is 3. The molecule has 0 bridgehead atoms. The summed E-state index contributed by atoms with van der Waals surface area (Å²) in [6.45, 7) is 0.109. The zero-order valence-electron chi connectivity index (χ0n) is 16.4. The molecule has 5 nitrogen and oxygen atoms in total. The van der Waals surface area contributed by atoms with Gasteiger partial charge in [0.15, 0.2) is 0 Å². The van der Waals surface area contributed by atoms with E-state index in [1.165, 1.54) is 11.3 Å². The van der Waals surface area contributed by atoms with Crippen LogP contribution >= 0.6 is 11.3 Å². The van der Waals surface area contributed by atoms with Gasteiger partial charge in [-0.3, -0.25) is 4.98 Å². The lowest BCUT2D eigenvalue weighted by Gasteiger charge is -2.09. The van der Waals surface area contributed by atoms with Crippen molar-refractivity contribution in [3.63, 3.8) is 0 Å². The normalized spacial score (nSPS) is 10.8. The Balaban J connectivity index is 1.41. The van der Waals surface area contributed by atoms with E-state index in [4.69, 9.17) is 4.74 Å². The molecule has 5 rings (SSSR count). The third-order valence-electron chi connectivity index (χ3n) is 4.79. The molecule has 0 saturated carbocycles.